The highest BCUT2D eigenvalue weighted by Crippen LogP contribution is 2.50. The first-order valence-corrected chi connectivity index (χ1v) is 16.0. The number of nitriles is 2. The zero-order valence-electron chi connectivity index (χ0n) is 25.9. The fourth-order valence-corrected chi connectivity index (χ4v) is 7.56. The maximum absolute atomic E-state index is 10.5. The van der Waals surface area contributed by atoms with Crippen molar-refractivity contribution < 1.29 is 4.90 Å². The summed E-state index contributed by atoms with van der Waals surface area (Å²) in [5.41, 5.74) is 13.6. The van der Waals surface area contributed by atoms with E-state index in [0.717, 1.165) is 72.5 Å². The number of rotatable bonds is 4. The smallest absolute Gasteiger partial charge is 0.150 e. The Balaban J connectivity index is 1.38. The summed E-state index contributed by atoms with van der Waals surface area (Å²) < 4.78 is 2.32. The zero-order chi connectivity index (χ0) is 32.2. The first kappa shape index (κ1) is 27.6. The van der Waals surface area contributed by atoms with Gasteiger partial charge in [0, 0.05) is 39.7 Å². The molecule has 0 saturated carbocycles. The summed E-state index contributed by atoms with van der Waals surface area (Å²) in [6.07, 6.45) is 0. The van der Waals surface area contributed by atoms with E-state index in [1.807, 2.05) is 24.3 Å². The van der Waals surface area contributed by atoms with Crippen LogP contribution in [0.3, 0.4) is 0 Å². The molecule has 4 nitrogen and oxygen atoms in total. The number of nitrogens with one attached hydrogen (secondary N) is 1. The third-order valence-electron chi connectivity index (χ3n) is 9.57. The Labute approximate surface area is 278 Å². The minimum Gasteiger partial charge on any atom is -0.309 e. The second kappa shape index (κ2) is 11.0. The molecule has 0 saturated heterocycles. The van der Waals surface area contributed by atoms with Crippen molar-refractivity contribution in [3.8, 4) is 51.2 Å². The van der Waals surface area contributed by atoms with Gasteiger partial charge in [0.2, 0.25) is 0 Å². The van der Waals surface area contributed by atoms with Crippen LogP contribution in [0.15, 0.2) is 158 Å². The highest BCUT2D eigenvalue weighted by atomic mass is 15.2. The number of para-hydroxylation sites is 4. The van der Waals surface area contributed by atoms with Gasteiger partial charge < -0.3 is 4.57 Å². The summed E-state index contributed by atoms with van der Waals surface area (Å²) in [6, 6.07) is 59.4. The summed E-state index contributed by atoms with van der Waals surface area (Å²) in [7, 11) is 0. The molecule has 1 N–H and O–H groups in total. The Morgan fingerprint density at radius 2 is 1.19 bits per heavy atom. The van der Waals surface area contributed by atoms with Crippen molar-refractivity contribution in [3.63, 3.8) is 0 Å². The molecule has 1 atom stereocenters. The van der Waals surface area contributed by atoms with Crippen molar-refractivity contribution in [1.82, 2.24) is 4.57 Å². The van der Waals surface area contributed by atoms with Crippen LogP contribution in [0.4, 0.5) is 17.1 Å². The number of quaternary nitrogens is 1. The summed E-state index contributed by atoms with van der Waals surface area (Å²) in [5, 5.41) is 22.9. The normalized spacial score (nSPS) is 13.2. The van der Waals surface area contributed by atoms with Gasteiger partial charge in [-0.3, -0.25) is 0 Å². The van der Waals surface area contributed by atoms with Crippen LogP contribution in [0, 0.1) is 22.7 Å². The van der Waals surface area contributed by atoms with Crippen molar-refractivity contribution in [1.29, 1.82) is 10.5 Å². The summed E-state index contributed by atoms with van der Waals surface area (Å²) in [5.74, 6) is 0. The van der Waals surface area contributed by atoms with Gasteiger partial charge >= 0.3 is 0 Å². The molecule has 9 rings (SSSR count). The molecule has 0 fully saturated rings. The maximum Gasteiger partial charge on any atom is 0.150 e. The molecule has 0 bridgehead atoms. The van der Waals surface area contributed by atoms with E-state index in [1.54, 1.807) is 6.07 Å². The van der Waals surface area contributed by atoms with E-state index >= 15 is 0 Å². The molecule has 0 aliphatic carbocycles. The quantitative estimate of drug-likeness (QED) is 0.215. The van der Waals surface area contributed by atoms with Gasteiger partial charge in [-0.2, -0.15) is 10.5 Å². The molecule has 222 valence electrons. The molecular formula is C44H27N4+. The predicted octanol–water partition coefficient (Wildman–Crippen LogP) is 10.0. The molecule has 0 amide bonds. The van der Waals surface area contributed by atoms with Crippen molar-refractivity contribution >= 4 is 38.9 Å². The third kappa shape index (κ3) is 4.05. The van der Waals surface area contributed by atoms with Gasteiger partial charge in [0.15, 0.2) is 0 Å². The third-order valence-corrected chi connectivity index (χ3v) is 9.57. The lowest BCUT2D eigenvalue weighted by Gasteiger charge is -2.18. The van der Waals surface area contributed by atoms with Crippen LogP contribution in [0.2, 0.25) is 0 Å². The lowest BCUT2D eigenvalue weighted by atomic mass is 9.84. The van der Waals surface area contributed by atoms with Gasteiger partial charge in [-0.1, -0.05) is 84.9 Å². The maximum atomic E-state index is 10.5. The molecule has 7 aromatic carbocycles. The fourth-order valence-electron chi connectivity index (χ4n) is 7.56. The fraction of sp³-hybridized carbons (Fsp3) is 0. The Kier molecular flexibility index (Phi) is 6.30. The summed E-state index contributed by atoms with van der Waals surface area (Å²) in [4.78, 5) is 1.17. The van der Waals surface area contributed by atoms with E-state index < -0.39 is 0 Å². The van der Waals surface area contributed by atoms with Gasteiger partial charge in [-0.05, 0) is 71.8 Å². The molecule has 48 heavy (non-hydrogen) atoms. The number of aromatic nitrogens is 1. The van der Waals surface area contributed by atoms with Crippen molar-refractivity contribution in [3.05, 3.63) is 169 Å². The van der Waals surface area contributed by atoms with E-state index in [9.17, 15) is 10.5 Å². The average molecular weight is 612 g/mol. The van der Waals surface area contributed by atoms with Gasteiger partial charge in [-0.25, -0.2) is 4.90 Å². The molecule has 8 aromatic rings. The molecule has 0 spiro atoms. The number of benzene rings is 7. The first-order valence-electron chi connectivity index (χ1n) is 16.0. The Hall–Kier alpha value is -6.72. The van der Waals surface area contributed by atoms with Crippen LogP contribution in [-0.4, -0.2) is 4.57 Å². The monoisotopic (exact) mass is 611 g/mol. The lowest BCUT2D eigenvalue weighted by Crippen LogP contribution is -2.95. The molecule has 2 heterocycles. The Morgan fingerprint density at radius 3 is 2.00 bits per heavy atom. The SMILES string of the molecule is N#Cc1cccc(-c2c(-c3ccc4c(c3)c3ccccc3n4-c3ccccc3)ccc3c2-c2ccccc2[NH+]3c2ccccc2)c1C#N. The highest BCUT2D eigenvalue weighted by Gasteiger charge is 2.37. The van der Waals surface area contributed by atoms with Crippen LogP contribution in [-0.2, 0) is 0 Å². The van der Waals surface area contributed by atoms with Crippen molar-refractivity contribution in [2.75, 3.05) is 0 Å². The molecule has 4 heteroatoms. The molecular weight excluding hydrogens is 585 g/mol. The van der Waals surface area contributed by atoms with Crippen LogP contribution < -0.4 is 4.90 Å². The van der Waals surface area contributed by atoms with E-state index in [2.05, 4.69) is 144 Å². The van der Waals surface area contributed by atoms with Crippen LogP contribution in [0.25, 0.3) is 60.9 Å². The molecule has 1 aliphatic heterocycles. The van der Waals surface area contributed by atoms with E-state index in [4.69, 9.17) is 0 Å². The van der Waals surface area contributed by atoms with Gasteiger partial charge in [0.05, 0.1) is 33.3 Å². The lowest BCUT2D eigenvalue weighted by molar-refractivity contribution is -0.677. The second-order valence-corrected chi connectivity index (χ2v) is 12.1. The predicted molar refractivity (Wildman–Crippen MR) is 193 cm³/mol. The van der Waals surface area contributed by atoms with Gasteiger partial charge in [-0.15, -0.1) is 0 Å². The number of fused-ring (bicyclic) bond motifs is 6. The minimum atomic E-state index is 0.374. The van der Waals surface area contributed by atoms with E-state index in [0.29, 0.717) is 11.1 Å². The van der Waals surface area contributed by atoms with Gasteiger partial charge in [0.1, 0.15) is 29.2 Å². The highest BCUT2D eigenvalue weighted by molar-refractivity contribution is 6.12. The summed E-state index contributed by atoms with van der Waals surface area (Å²) in [6.45, 7) is 0. The topological polar surface area (TPSA) is 56.9 Å². The van der Waals surface area contributed by atoms with Crippen LogP contribution in [0.5, 0.6) is 0 Å². The van der Waals surface area contributed by atoms with Crippen molar-refractivity contribution in [2.24, 2.45) is 0 Å². The van der Waals surface area contributed by atoms with E-state index in [-0.39, 0.29) is 0 Å². The van der Waals surface area contributed by atoms with Crippen molar-refractivity contribution in [2.45, 2.75) is 0 Å². The Bertz CT molecular complexity index is 2640. The largest absolute Gasteiger partial charge is 0.309 e. The van der Waals surface area contributed by atoms with Gasteiger partial charge in [0.25, 0.3) is 0 Å². The standard InChI is InChI=1S/C44H26N4/c45-27-30-12-11-19-35(38(30)28-46)43-33(23-25-42-44(43)36-18-8-10-21-40(36)48(42)32-15-5-2-6-16-32)29-22-24-41-37(26-29)34-17-7-9-20-39(34)47(41)31-13-3-1-4-14-31/h1-26H/p+1. The first-order chi connectivity index (χ1) is 23.8. The second-order valence-electron chi connectivity index (χ2n) is 12.1. The molecule has 1 aromatic heterocycles. The summed E-state index contributed by atoms with van der Waals surface area (Å²) >= 11 is 0. The molecule has 0 radical (unpaired) electrons. The minimum absolute atomic E-state index is 0.374. The van der Waals surface area contributed by atoms with Crippen LogP contribution in [0.1, 0.15) is 11.1 Å². The number of hydrogen-bond donors (Lipinski definition) is 1. The molecule has 1 aliphatic rings. The van der Waals surface area contributed by atoms with Crippen LogP contribution >= 0.6 is 0 Å². The number of hydrogen-bond acceptors (Lipinski definition) is 2. The molecule has 1 unspecified atom stereocenters. The average Bonchev–Trinajstić information content (AvgIpc) is 3.67. The van der Waals surface area contributed by atoms with E-state index in [1.165, 1.54) is 10.3 Å². The zero-order valence-corrected chi connectivity index (χ0v) is 25.9. The Morgan fingerprint density at radius 1 is 0.479 bits per heavy atom. The number of nitrogens with zero attached hydrogens (tertiary/aromatic N) is 3.